The lowest BCUT2D eigenvalue weighted by Gasteiger charge is -2.27. The normalized spacial score (nSPS) is 11.7. The van der Waals surface area contributed by atoms with Gasteiger partial charge in [0.1, 0.15) is 0 Å². The number of anilines is 1. The molecule has 150 valence electrons. The van der Waals surface area contributed by atoms with Crippen LogP contribution in [0.5, 0.6) is 0 Å². The Hall–Kier alpha value is -2.71. The first-order valence-corrected chi connectivity index (χ1v) is 10.5. The fourth-order valence-corrected chi connectivity index (χ4v) is 3.61. The number of benzene rings is 2. The van der Waals surface area contributed by atoms with Crippen LogP contribution in [0.25, 0.3) is 17.3 Å². The van der Waals surface area contributed by atoms with E-state index in [1.165, 1.54) is 5.56 Å². The first-order chi connectivity index (χ1) is 14.0. The van der Waals surface area contributed by atoms with Gasteiger partial charge in [-0.3, -0.25) is 9.48 Å². The highest BCUT2D eigenvalue weighted by Gasteiger charge is 2.22. The Morgan fingerprint density at radius 3 is 2.38 bits per heavy atom. The highest BCUT2D eigenvalue weighted by Crippen LogP contribution is 2.38. The second-order valence-corrected chi connectivity index (χ2v) is 8.31. The molecule has 2 aromatic carbocycles. The second-order valence-electron chi connectivity index (χ2n) is 7.20. The maximum absolute atomic E-state index is 12.4. The number of amides is 1. The molecule has 4 nitrogen and oxygen atoms in total. The molecule has 3 rings (SSSR count). The number of rotatable bonds is 7. The maximum Gasteiger partial charge on any atom is 0.248 e. The van der Waals surface area contributed by atoms with Gasteiger partial charge in [-0.1, -0.05) is 56.3 Å². The first kappa shape index (κ1) is 21.0. The zero-order valence-corrected chi connectivity index (χ0v) is 18.4. The Kier molecular flexibility index (Phi) is 6.66. The van der Waals surface area contributed by atoms with E-state index >= 15 is 0 Å². The minimum Gasteiger partial charge on any atom is -0.323 e. The Morgan fingerprint density at radius 1 is 1.10 bits per heavy atom. The van der Waals surface area contributed by atoms with Crippen LogP contribution in [0.15, 0.2) is 66.9 Å². The summed E-state index contributed by atoms with van der Waals surface area (Å²) in [7, 11) is 4.88. The van der Waals surface area contributed by atoms with Crippen molar-refractivity contribution in [3.8, 4) is 11.3 Å². The third-order valence-corrected chi connectivity index (χ3v) is 6.57. The van der Waals surface area contributed by atoms with E-state index in [0.29, 0.717) is 0 Å². The number of aromatic nitrogens is 2. The fourth-order valence-electron chi connectivity index (χ4n) is 3.42. The summed E-state index contributed by atoms with van der Waals surface area (Å²) in [4.78, 5) is 12.4. The molecule has 0 aliphatic rings. The molecule has 0 saturated carbocycles. The van der Waals surface area contributed by atoms with Crippen molar-refractivity contribution in [2.24, 2.45) is 7.05 Å². The number of carbonyl (C=O) groups excluding carboxylic acids is 1. The van der Waals surface area contributed by atoms with Crippen LogP contribution in [0, 0.1) is 0 Å². The van der Waals surface area contributed by atoms with E-state index in [2.05, 4.69) is 45.6 Å². The second kappa shape index (κ2) is 9.19. The molecule has 3 aromatic rings. The van der Waals surface area contributed by atoms with Crippen molar-refractivity contribution in [2.75, 3.05) is 5.32 Å². The molecule has 29 heavy (non-hydrogen) atoms. The summed E-state index contributed by atoms with van der Waals surface area (Å²) in [5, 5.41) is 7.36. The van der Waals surface area contributed by atoms with Crippen molar-refractivity contribution in [3.63, 3.8) is 0 Å². The average Bonchev–Trinajstić information content (AvgIpc) is 3.13. The summed E-state index contributed by atoms with van der Waals surface area (Å²) >= 11 is 0. The van der Waals surface area contributed by atoms with Gasteiger partial charge in [0.25, 0.3) is 0 Å². The lowest BCUT2D eigenvalue weighted by atomic mass is 9.92. The first-order valence-electron chi connectivity index (χ1n) is 9.92. The molecule has 1 N–H and O–H groups in total. The fraction of sp³-hybridized carbons (Fsp3) is 0.250. The number of nitrogens with one attached hydrogen (secondary N) is 1. The number of nitrogens with zero attached hydrogens (tertiary/aromatic N) is 2. The molecule has 1 heterocycles. The molecule has 0 radical (unpaired) electrons. The van der Waals surface area contributed by atoms with E-state index in [9.17, 15) is 4.79 Å². The molecule has 0 saturated heterocycles. The van der Waals surface area contributed by atoms with E-state index in [0.717, 1.165) is 35.3 Å². The van der Waals surface area contributed by atoms with Gasteiger partial charge in [-0.05, 0) is 36.6 Å². The molecule has 1 unspecified atom stereocenters. The Balaban J connectivity index is 1.71. The summed E-state index contributed by atoms with van der Waals surface area (Å²) in [5.41, 5.74) is 5.01. The molecule has 5 heteroatoms. The number of carbonyl (C=O) groups is 1. The molecule has 1 atom stereocenters. The van der Waals surface area contributed by atoms with Gasteiger partial charge in [0.2, 0.25) is 5.91 Å². The Labute approximate surface area is 175 Å². The van der Waals surface area contributed by atoms with Gasteiger partial charge in [-0.25, -0.2) is 0 Å². The van der Waals surface area contributed by atoms with Crippen LogP contribution in [-0.2, 0) is 17.0 Å². The molecule has 1 aromatic heterocycles. The van der Waals surface area contributed by atoms with Crippen LogP contribution in [0.1, 0.15) is 37.8 Å². The highest BCUT2D eigenvalue weighted by atomic mass is 31.0. The summed E-state index contributed by atoms with van der Waals surface area (Å²) in [6, 6.07) is 18.1. The van der Waals surface area contributed by atoms with E-state index in [1.807, 2.05) is 54.2 Å². The van der Waals surface area contributed by atoms with Gasteiger partial charge >= 0.3 is 0 Å². The molecular formula is C24H28N3OP. The van der Waals surface area contributed by atoms with Crippen LogP contribution < -0.4 is 5.32 Å². The predicted octanol–water partition coefficient (Wildman–Crippen LogP) is 5.63. The third kappa shape index (κ3) is 4.83. The summed E-state index contributed by atoms with van der Waals surface area (Å²) in [6.07, 6.45) is 7.24. The van der Waals surface area contributed by atoms with Gasteiger partial charge in [0, 0.05) is 35.1 Å². The largest absolute Gasteiger partial charge is 0.323 e. The summed E-state index contributed by atoms with van der Waals surface area (Å²) in [6.45, 7) is 4.39. The van der Waals surface area contributed by atoms with Gasteiger partial charge in [-0.15, -0.1) is 9.24 Å². The lowest BCUT2D eigenvalue weighted by molar-refractivity contribution is -0.111. The van der Waals surface area contributed by atoms with Crippen molar-refractivity contribution >= 4 is 26.9 Å². The van der Waals surface area contributed by atoms with Crippen molar-refractivity contribution < 1.29 is 4.79 Å². The molecule has 0 aliphatic carbocycles. The van der Waals surface area contributed by atoms with Crippen molar-refractivity contribution in [3.05, 3.63) is 78.0 Å². The average molecular weight is 405 g/mol. The summed E-state index contributed by atoms with van der Waals surface area (Å²) in [5.74, 6) is -0.163. The zero-order chi connectivity index (χ0) is 20.9. The van der Waals surface area contributed by atoms with E-state index in [1.54, 1.807) is 18.3 Å². The quantitative estimate of drug-likeness (QED) is 0.409. The molecule has 0 fully saturated rings. The smallest absolute Gasteiger partial charge is 0.248 e. The monoisotopic (exact) mass is 405 g/mol. The minimum atomic E-state index is -0.163. The van der Waals surface area contributed by atoms with Crippen molar-refractivity contribution in [1.82, 2.24) is 9.78 Å². The van der Waals surface area contributed by atoms with Crippen LogP contribution >= 0.6 is 9.24 Å². The minimum absolute atomic E-state index is 0.0938. The number of hydrogen-bond acceptors (Lipinski definition) is 2. The maximum atomic E-state index is 12.4. The summed E-state index contributed by atoms with van der Waals surface area (Å²) < 4.78 is 1.82. The van der Waals surface area contributed by atoms with Crippen LogP contribution in [0.4, 0.5) is 5.69 Å². The lowest BCUT2D eigenvalue weighted by Crippen LogP contribution is -2.15. The van der Waals surface area contributed by atoms with Gasteiger partial charge < -0.3 is 5.32 Å². The van der Waals surface area contributed by atoms with Gasteiger partial charge in [0.05, 0.1) is 11.9 Å². The predicted molar refractivity (Wildman–Crippen MR) is 125 cm³/mol. The van der Waals surface area contributed by atoms with Crippen molar-refractivity contribution in [2.45, 2.75) is 31.8 Å². The van der Waals surface area contributed by atoms with Crippen molar-refractivity contribution in [1.29, 1.82) is 0 Å². The third-order valence-electron chi connectivity index (χ3n) is 5.42. The zero-order valence-electron chi connectivity index (χ0n) is 17.2. The highest BCUT2D eigenvalue weighted by molar-refractivity contribution is 7.18. The Bertz CT molecular complexity index is 987. The standard InChI is InChI=1S/C24H28N3OP/c1-4-24(29,5-2)20-12-14-21(15-13-20)26-22(28)16-11-19-17-25-27(3)23(19)18-9-7-6-8-10-18/h6-17H,4-5,29H2,1-3H3,(H,26,28)/b16-11+. The van der Waals surface area contributed by atoms with Crippen LogP contribution in [0.3, 0.4) is 0 Å². The topological polar surface area (TPSA) is 46.9 Å². The molecule has 0 aliphatic heterocycles. The number of aryl methyl sites for hydroxylation is 1. The van der Waals surface area contributed by atoms with Gasteiger partial charge in [-0.2, -0.15) is 5.10 Å². The molecule has 0 spiro atoms. The van der Waals surface area contributed by atoms with Crippen LogP contribution in [-0.4, -0.2) is 15.7 Å². The van der Waals surface area contributed by atoms with Crippen LogP contribution in [0.2, 0.25) is 0 Å². The van der Waals surface area contributed by atoms with Gasteiger partial charge in [0.15, 0.2) is 0 Å². The Morgan fingerprint density at radius 2 is 1.76 bits per heavy atom. The molecule has 1 amide bonds. The SMILES string of the molecule is CCC(P)(CC)c1ccc(NC(=O)/C=C/c2cnn(C)c2-c2ccccc2)cc1. The van der Waals surface area contributed by atoms with E-state index in [-0.39, 0.29) is 11.1 Å². The molecule has 0 bridgehead atoms. The van der Waals surface area contributed by atoms with E-state index in [4.69, 9.17) is 0 Å². The van der Waals surface area contributed by atoms with E-state index < -0.39 is 0 Å². The molecular weight excluding hydrogens is 377 g/mol. The number of hydrogen-bond donors (Lipinski definition) is 1.